The van der Waals surface area contributed by atoms with Gasteiger partial charge in [0.25, 0.3) is 11.8 Å². The molecule has 0 heterocycles. The molecule has 0 radical (unpaired) electrons. The van der Waals surface area contributed by atoms with Crippen LogP contribution in [0.25, 0.3) is 0 Å². The number of ether oxygens (including phenoxy) is 1. The second-order valence-electron chi connectivity index (χ2n) is 4.96. The Bertz CT molecular complexity index is 802. The molecule has 0 bridgehead atoms. The van der Waals surface area contributed by atoms with Gasteiger partial charge in [0.05, 0.1) is 24.0 Å². The van der Waals surface area contributed by atoms with Crippen molar-refractivity contribution in [2.24, 2.45) is 5.73 Å². The summed E-state index contributed by atoms with van der Waals surface area (Å²) in [5, 5.41) is 5.23. The minimum Gasteiger partial charge on any atom is -0.495 e. The molecule has 2 rings (SSSR count). The maximum atomic E-state index is 12.4. The van der Waals surface area contributed by atoms with Gasteiger partial charge in [-0.05, 0) is 30.3 Å². The van der Waals surface area contributed by atoms with Crippen molar-refractivity contribution in [3.63, 3.8) is 0 Å². The van der Waals surface area contributed by atoms with E-state index in [9.17, 15) is 14.4 Å². The van der Waals surface area contributed by atoms with E-state index in [-0.39, 0.29) is 11.5 Å². The van der Waals surface area contributed by atoms with Crippen LogP contribution in [0.3, 0.4) is 0 Å². The number of carbonyl (C=O) groups is 3. The summed E-state index contributed by atoms with van der Waals surface area (Å²) in [6.45, 7) is 1.36. The van der Waals surface area contributed by atoms with Gasteiger partial charge in [-0.15, -0.1) is 0 Å². The van der Waals surface area contributed by atoms with Crippen LogP contribution in [0.15, 0.2) is 42.5 Å². The second-order valence-corrected chi connectivity index (χ2v) is 4.96. The molecule has 0 aliphatic rings. The number of hydrogen-bond acceptors (Lipinski definition) is 4. The van der Waals surface area contributed by atoms with Crippen LogP contribution in [0.5, 0.6) is 5.75 Å². The van der Waals surface area contributed by atoms with Crippen molar-refractivity contribution in [1.29, 1.82) is 0 Å². The molecule has 0 unspecified atom stereocenters. The number of para-hydroxylation sites is 1. The van der Waals surface area contributed by atoms with E-state index in [1.54, 1.807) is 30.3 Å². The van der Waals surface area contributed by atoms with Crippen LogP contribution in [0, 0.1) is 0 Å². The van der Waals surface area contributed by atoms with E-state index in [4.69, 9.17) is 10.5 Å². The van der Waals surface area contributed by atoms with Gasteiger partial charge in [0.1, 0.15) is 5.75 Å². The van der Waals surface area contributed by atoms with Crippen molar-refractivity contribution in [2.75, 3.05) is 17.7 Å². The number of rotatable bonds is 5. The average Bonchev–Trinajstić information content (AvgIpc) is 2.54. The first-order valence-corrected chi connectivity index (χ1v) is 7.08. The summed E-state index contributed by atoms with van der Waals surface area (Å²) in [6, 6.07) is 11.0. The Kier molecular flexibility index (Phi) is 5.16. The molecule has 0 fully saturated rings. The van der Waals surface area contributed by atoms with Gasteiger partial charge in [0.15, 0.2) is 0 Å². The van der Waals surface area contributed by atoms with Crippen molar-refractivity contribution in [2.45, 2.75) is 6.92 Å². The third-order valence-corrected chi connectivity index (χ3v) is 3.21. The molecule has 3 amide bonds. The van der Waals surface area contributed by atoms with Crippen molar-refractivity contribution < 1.29 is 19.1 Å². The van der Waals surface area contributed by atoms with Gasteiger partial charge in [-0.25, -0.2) is 0 Å². The average molecular weight is 327 g/mol. The van der Waals surface area contributed by atoms with Crippen LogP contribution < -0.4 is 21.1 Å². The molecule has 2 aromatic carbocycles. The van der Waals surface area contributed by atoms with Gasteiger partial charge in [-0.2, -0.15) is 0 Å². The van der Waals surface area contributed by atoms with Crippen molar-refractivity contribution >= 4 is 29.1 Å². The summed E-state index contributed by atoms with van der Waals surface area (Å²) in [5.41, 5.74) is 6.48. The van der Waals surface area contributed by atoms with Crippen molar-refractivity contribution in [1.82, 2.24) is 0 Å². The summed E-state index contributed by atoms with van der Waals surface area (Å²) in [6.07, 6.45) is 0. The molecule has 0 aliphatic heterocycles. The maximum absolute atomic E-state index is 12.4. The number of hydrogen-bond donors (Lipinski definition) is 3. The number of benzene rings is 2. The Morgan fingerprint density at radius 3 is 2.33 bits per heavy atom. The highest BCUT2D eigenvalue weighted by atomic mass is 16.5. The normalized spacial score (nSPS) is 9.92. The third kappa shape index (κ3) is 3.89. The lowest BCUT2D eigenvalue weighted by Crippen LogP contribution is -2.18. The van der Waals surface area contributed by atoms with Crippen LogP contribution in [0.4, 0.5) is 11.4 Å². The summed E-state index contributed by atoms with van der Waals surface area (Å²) in [7, 11) is 1.46. The molecule has 0 aliphatic carbocycles. The summed E-state index contributed by atoms with van der Waals surface area (Å²) in [5.74, 6) is -0.943. The van der Waals surface area contributed by atoms with E-state index in [0.717, 1.165) is 0 Å². The number of primary amides is 1. The molecule has 124 valence electrons. The standard InChI is InChI=1S/C17H17N3O4/c1-10(21)19-14-9-11(7-8-15(14)24-2)17(23)20-13-6-4-3-5-12(13)16(18)22/h3-9H,1-2H3,(H2,18,22)(H,19,21)(H,20,23). The lowest BCUT2D eigenvalue weighted by Gasteiger charge is -2.12. The Labute approximate surface area is 138 Å². The fraction of sp³-hybridized carbons (Fsp3) is 0.118. The van der Waals surface area contributed by atoms with E-state index in [0.29, 0.717) is 22.7 Å². The lowest BCUT2D eigenvalue weighted by atomic mass is 10.1. The Morgan fingerprint density at radius 2 is 1.71 bits per heavy atom. The summed E-state index contributed by atoms with van der Waals surface area (Å²) < 4.78 is 5.14. The van der Waals surface area contributed by atoms with Gasteiger partial charge in [-0.3, -0.25) is 14.4 Å². The van der Waals surface area contributed by atoms with Crippen LogP contribution in [-0.2, 0) is 4.79 Å². The molecule has 0 saturated heterocycles. The second kappa shape index (κ2) is 7.28. The summed E-state index contributed by atoms with van der Waals surface area (Å²) in [4.78, 5) is 35.1. The molecule has 0 atom stereocenters. The third-order valence-electron chi connectivity index (χ3n) is 3.21. The predicted octanol–water partition coefficient (Wildman–Crippen LogP) is 2.00. The van der Waals surface area contributed by atoms with E-state index in [2.05, 4.69) is 10.6 Å². The van der Waals surface area contributed by atoms with Gasteiger partial charge in [0.2, 0.25) is 5.91 Å². The van der Waals surface area contributed by atoms with Crippen LogP contribution >= 0.6 is 0 Å². The van der Waals surface area contributed by atoms with Crippen LogP contribution in [0.1, 0.15) is 27.6 Å². The Balaban J connectivity index is 2.30. The SMILES string of the molecule is COc1ccc(C(=O)Nc2ccccc2C(N)=O)cc1NC(C)=O. The molecular formula is C17H17N3O4. The Morgan fingerprint density at radius 1 is 1.00 bits per heavy atom. The highest BCUT2D eigenvalue weighted by molar-refractivity contribution is 6.09. The van der Waals surface area contributed by atoms with Gasteiger partial charge in [0, 0.05) is 12.5 Å². The number of carbonyl (C=O) groups excluding carboxylic acids is 3. The predicted molar refractivity (Wildman–Crippen MR) is 90.2 cm³/mol. The minimum atomic E-state index is -0.639. The summed E-state index contributed by atoms with van der Waals surface area (Å²) >= 11 is 0. The number of anilines is 2. The van der Waals surface area contributed by atoms with E-state index >= 15 is 0 Å². The first-order valence-electron chi connectivity index (χ1n) is 7.08. The molecule has 2 aromatic rings. The molecule has 0 aromatic heterocycles. The quantitative estimate of drug-likeness (QED) is 0.780. The highest BCUT2D eigenvalue weighted by Crippen LogP contribution is 2.26. The van der Waals surface area contributed by atoms with Crippen molar-refractivity contribution in [3.8, 4) is 5.75 Å². The topological polar surface area (TPSA) is 111 Å². The molecule has 7 heteroatoms. The first kappa shape index (κ1) is 17.0. The molecule has 24 heavy (non-hydrogen) atoms. The van der Waals surface area contributed by atoms with Gasteiger partial charge < -0.3 is 21.1 Å². The van der Waals surface area contributed by atoms with Crippen molar-refractivity contribution in [3.05, 3.63) is 53.6 Å². The number of amides is 3. The van der Waals surface area contributed by atoms with Gasteiger partial charge in [-0.1, -0.05) is 12.1 Å². The van der Waals surface area contributed by atoms with Gasteiger partial charge >= 0.3 is 0 Å². The van der Waals surface area contributed by atoms with E-state index in [1.165, 1.54) is 26.2 Å². The van der Waals surface area contributed by atoms with E-state index < -0.39 is 11.8 Å². The smallest absolute Gasteiger partial charge is 0.255 e. The molecule has 7 nitrogen and oxygen atoms in total. The van der Waals surface area contributed by atoms with E-state index in [1.807, 2.05) is 0 Å². The number of methoxy groups -OCH3 is 1. The monoisotopic (exact) mass is 327 g/mol. The first-order chi connectivity index (χ1) is 11.4. The molecule has 0 saturated carbocycles. The zero-order valence-corrected chi connectivity index (χ0v) is 13.3. The van der Waals surface area contributed by atoms with Crippen LogP contribution in [0.2, 0.25) is 0 Å². The number of nitrogens with two attached hydrogens (primary N) is 1. The molecule has 4 N–H and O–H groups in total. The maximum Gasteiger partial charge on any atom is 0.255 e. The lowest BCUT2D eigenvalue weighted by molar-refractivity contribution is -0.114. The zero-order valence-electron chi connectivity index (χ0n) is 13.3. The fourth-order valence-corrected chi connectivity index (χ4v) is 2.14. The molecular weight excluding hydrogens is 310 g/mol. The molecule has 0 spiro atoms. The van der Waals surface area contributed by atoms with Crippen LogP contribution in [-0.4, -0.2) is 24.8 Å². The highest BCUT2D eigenvalue weighted by Gasteiger charge is 2.14. The fourth-order valence-electron chi connectivity index (χ4n) is 2.14. The zero-order chi connectivity index (χ0) is 17.7. The number of nitrogens with one attached hydrogen (secondary N) is 2. The minimum absolute atomic E-state index is 0.210. The largest absolute Gasteiger partial charge is 0.495 e. The Hall–Kier alpha value is -3.35.